The molecule has 0 aromatic carbocycles. The first-order chi connectivity index (χ1) is 9.28. The molecule has 0 bridgehead atoms. The molecule has 1 aromatic heterocycles. The summed E-state index contributed by atoms with van der Waals surface area (Å²) < 4.78 is 8.73. The topological polar surface area (TPSA) is 50.5 Å². The molecule has 0 aliphatic carbocycles. The Kier molecular flexibility index (Phi) is 4.89. The Hall–Kier alpha value is -0.430. The summed E-state index contributed by atoms with van der Waals surface area (Å²) >= 11 is 3.50. The highest BCUT2D eigenvalue weighted by Crippen LogP contribution is 2.27. The molecule has 2 heterocycles. The van der Waals surface area contributed by atoms with Crippen molar-refractivity contribution in [1.29, 1.82) is 0 Å². The number of nitrogens with zero attached hydrogens (tertiary/aromatic N) is 3. The molecule has 2 rings (SSSR count). The minimum Gasteiger partial charge on any atom is -0.356 e. The number of likely N-dealkylation sites (tertiary alicyclic amines) is 1. The molecule has 1 unspecified atom stereocenters. The first-order valence-corrected chi connectivity index (χ1v) is 7.87. The molecule has 1 fully saturated rings. The molecule has 0 saturated carbocycles. The monoisotopic (exact) mass is 345 g/mol. The Bertz CT molecular complexity index is 448. The molecule has 0 amide bonds. The lowest BCUT2D eigenvalue weighted by atomic mass is 10.1. The third kappa shape index (κ3) is 3.81. The zero-order chi connectivity index (χ0) is 14.9. The number of halogens is 1. The molecule has 0 spiro atoms. The molecule has 1 atom stereocenters. The first-order valence-electron chi connectivity index (χ1n) is 7.07. The quantitative estimate of drug-likeness (QED) is 0.855. The second-order valence-corrected chi connectivity index (χ2v) is 7.20. The van der Waals surface area contributed by atoms with Crippen molar-refractivity contribution in [3.63, 3.8) is 0 Å². The van der Waals surface area contributed by atoms with Gasteiger partial charge in [0.25, 0.3) is 0 Å². The van der Waals surface area contributed by atoms with Gasteiger partial charge in [0.15, 0.2) is 0 Å². The Morgan fingerprint density at radius 2 is 2.00 bits per heavy atom. The van der Waals surface area contributed by atoms with Crippen LogP contribution in [0.15, 0.2) is 10.7 Å². The van der Waals surface area contributed by atoms with Crippen LogP contribution >= 0.6 is 15.9 Å². The van der Waals surface area contributed by atoms with E-state index in [1.165, 1.54) is 0 Å². The van der Waals surface area contributed by atoms with E-state index in [1.807, 2.05) is 31.9 Å². The molecule has 0 radical (unpaired) electrons. The second-order valence-electron chi connectivity index (χ2n) is 6.35. The minimum absolute atomic E-state index is 0.334. The van der Waals surface area contributed by atoms with Crippen molar-refractivity contribution in [2.75, 3.05) is 13.1 Å². The molecular weight excluding hydrogens is 322 g/mol. The van der Waals surface area contributed by atoms with Crippen molar-refractivity contribution in [2.24, 2.45) is 0 Å². The number of rotatable bonds is 3. The standard InChI is InChI=1S/C14H24BrN3O2/c1-10-12(15)9-16-18(10)11-5-7-17(8-6-11)13(19)20-14(2,3)4/h9,11,13,19H,5-8H2,1-4H3. The third-order valence-corrected chi connectivity index (χ3v) is 4.38. The Morgan fingerprint density at radius 3 is 2.45 bits per heavy atom. The van der Waals surface area contributed by atoms with Crippen LogP contribution in [-0.4, -0.2) is 44.9 Å². The number of ether oxygens (including phenoxy) is 1. The fourth-order valence-corrected chi connectivity index (χ4v) is 2.79. The van der Waals surface area contributed by atoms with Crippen LogP contribution in [-0.2, 0) is 4.74 Å². The molecule has 6 heteroatoms. The largest absolute Gasteiger partial charge is 0.356 e. The van der Waals surface area contributed by atoms with Crippen molar-refractivity contribution in [3.05, 3.63) is 16.4 Å². The number of hydrogen-bond acceptors (Lipinski definition) is 4. The summed E-state index contributed by atoms with van der Waals surface area (Å²) in [7, 11) is 0. The number of hydrogen-bond donors (Lipinski definition) is 1. The summed E-state index contributed by atoms with van der Waals surface area (Å²) in [5.41, 5.74) is 0.828. The highest BCUT2D eigenvalue weighted by Gasteiger charge is 2.28. The van der Waals surface area contributed by atoms with Crippen molar-refractivity contribution in [1.82, 2.24) is 14.7 Å². The number of aromatic nitrogens is 2. The van der Waals surface area contributed by atoms with Crippen molar-refractivity contribution in [2.45, 2.75) is 58.6 Å². The van der Waals surface area contributed by atoms with Crippen molar-refractivity contribution in [3.8, 4) is 0 Å². The fraction of sp³-hybridized carbons (Fsp3) is 0.786. The fourth-order valence-electron chi connectivity index (χ4n) is 2.51. The predicted octanol–water partition coefficient (Wildman–Crippen LogP) is 2.68. The van der Waals surface area contributed by atoms with Gasteiger partial charge < -0.3 is 9.84 Å². The van der Waals surface area contributed by atoms with Gasteiger partial charge in [0, 0.05) is 18.8 Å². The van der Waals surface area contributed by atoms with E-state index < -0.39 is 6.41 Å². The van der Waals surface area contributed by atoms with E-state index >= 15 is 0 Å². The van der Waals surface area contributed by atoms with E-state index in [-0.39, 0.29) is 5.60 Å². The van der Waals surface area contributed by atoms with E-state index in [2.05, 4.69) is 32.6 Å². The van der Waals surface area contributed by atoms with Crippen LogP contribution in [0, 0.1) is 6.92 Å². The summed E-state index contributed by atoms with van der Waals surface area (Å²) in [5.74, 6) is 0. The zero-order valence-electron chi connectivity index (χ0n) is 12.6. The van der Waals surface area contributed by atoms with Gasteiger partial charge in [0.05, 0.1) is 22.3 Å². The third-order valence-electron chi connectivity index (χ3n) is 3.60. The number of aliphatic hydroxyl groups is 1. The molecule has 1 aromatic rings. The van der Waals surface area contributed by atoms with Crippen LogP contribution in [0.3, 0.4) is 0 Å². The maximum absolute atomic E-state index is 10.1. The van der Waals surface area contributed by atoms with E-state index in [0.717, 1.165) is 36.1 Å². The van der Waals surface area contributed by atoms with E-state index in [0.29, 0.717) is 6.04 Å². The molecule has 5 nitrogen and oxygen atoms in total. The lowest BCUT2D eigenvalue weighted by Crippen LogP contribution is -2.46. The molecule has 1 aliphatic heterocycles. The van der Waals surface area contributed by atoms with Gasteiger partial charge in [-0.1, -0.05) is 0 Å². The SMILES string of the molecule is Cc1c(Br)cnn1C1CCN(C(O)OC(C)(C)C)CC1. The summed E-state index contributed by atoms with van der Waals surface area (Å²) in [6.07, 6.45) is 2.97. The van der Waals surface area contributed by atoms with Crippen LogP contribution in [0.4, 0.5) is 0 Å². The van der Waals surface area contributed by atoms with Gasteiger partial charge in [-0.25, -0.2) is 0 Å². The van der Waals surface area contributed by atoms with E-state index in [1.54, 1.807) is 0 Å². The molecular formula is C14H24BrN3O2. The Balaban J connectivity index is 1.91. The Morgan fingerprint density at radius 1 is 1.40 bits per heavy atom. The van der Waals surface area contributed by atoms with Gasteiger partial charge in [-0.2, -0.15) is 5.10 Å². The molecule has 1 aliphatic rings. The van der Waals surface area contributed by atoms with Crippen LogP contribution < -0.4 is 0 Å². The number of piperidine rings is 1. The van der Waals surface area contributed by atoms with Crippen molar-refractivity contribution < 1.29 is 9.84 Å². The average Bonchev–Trinajstić information content (AvgIpc) is 2.68. The highest BCUT2D eigenvalue weighted by molar-refractivity contribution is 9.10. The van der Waals surface area contributed by atoms with Gasteiger partial charge in [-0.15, -0.1) is 0 Å². The van der Waals surface area contributed by atoms with Gasteiger partial charge >= 0.3 is 0 Å². The van der Waals surface area contributed by atoms with Crippen LogP contribution in [0.25, 0.3) is 0 Å². The smallest absolute Gasteiger partial charge is 0.216 e. The molecule has 1 saturated heterocycles. The average molecular weight is 346 g/mol. The summed E-state index contributed by atoms with van der Waals surface area (Å²) in [5, 5.41) is 14.5. The lowest BCUT2D eigenvalue weighted by molar-refractivity contribution is -0.243. The van der Waals surface area contributed by atoms with E-state index in [4.69, 9.17) is 4.74 Å². The maximum atomic E-state index is 10.1. The van der Waals surface area contributed by atoms with Gasteiger partial charge in [0.2, 0.25) is 6.41 Å². The predicted molar refractivity (Wildman–Crippen MR) is 81.4 cm³/mol. The minimum atomic E-state index is -0.818. The van der Waals surface area contributed by atoms with Gasteiger partial charge in [-0.05, 0) is 56.5 Å². The van der Waals surface area contributed by atoms with Crippen molar-refractivity contribution >= 4 is 15.9 Å². The summed E-state index contributed by atoms with van der Waals surface area (Å²) in [6.45, 7) is 9.56. The van der Waals surface area contributed by atoms with Crippen LogP contribution in [0.1, 0.15) is 45.3 Å². The van der Waals surface area contributed by atoms with Crippen LogP contribution in [0.2, 0.25) is 0 Å². The highest BCUT2D eigenvalue weighted by atomic mass is 79.9. The van der Waals surface area contributed by atoms with Gasteiger partial charge in [-0.3, -0.25) is 9.58 Å². The molecule has 114 valence electrons. The molecule has 20 heavy (non-hydrogen) atoms. The normalized spacial score (nSPS) is 20.3. The first kappa shape index (κ1) is 15.9. The Labute approximate surface area is 129 Å². The number of aliphatic hydroxyl groups excluding tert-OH is 1. The summed E-state index contributed by atoms with van der Waals surface area (Å²) in [6, 6.07) is 0.402. The summed E-state index contributed by atoms with van der Waals surface area (Å²) in [4.78, 5) is 1.98. The maximum Gasteiger partial charge on any atom is 0.216 e. The van der Waals surface area contributed by atoms with Crippen LogP contribution in [0.5, 0.6) is 0 Å². The second kappa shape index (κ2) is 6.13. The molecule has 1 N–H and O–H groups in total. The lowest BCUT2D eigenvalue weighted by Gasteiger charge is -2.37. The van der Waals surface area contributed by atoms with E-state index in [9.17, 15) is 5.11 Å². The van der Waals surface area contributed by atoms with Gasteiger partial charge in [0.1, 0.15) is 0 Å². The zero-order valence-corrected chi connectivity index (χ0v) is 14.2.